The van der Waals surface area contributed by atoms with Crippen molar-refractivity contribution in [1.82, 2.24) is 4.90 Å². The highest BCUT2D eigenvalue weighted by Gasteiger charge is 2.25. The van der Waals surface area contributed by atoms with Crippen LogP contribution in [0.1, 0.15) is 46.1 Å². The third-order valence-electron chi connectivity index (χ3n) is 4.64. The minimum Gasteiger partial charge on any atom is -0.484 e. The van der Waals surface area contributed by atoms with Gasteiger partial charge in [-0.25, -0.2) is 0 Å². The average molecular weight is 355 g/mol. The summed E-state index contributed by atoms with van der Waals surface area (Å²) in [5.74, 6) is 1.20. The predicted molar refractivity (Wildman–Crippen MR) is 101 cm³/mol. The molecule has 1 heterocycles. The van der Waals surface area contributed by atoms with E-state index >= 15 is 0 Å². The van der Waals surface area contributed by atoms with Gasteiger partial charge in [0.2, 0.25) is 0 Å². The Labute approximate surface area is 152 Å². The van der Waals surface area contributed by atoms with Gasteiger partial charge in [-0.15, -0.1) is 12.4 Å². The standard InChI is InChI=1S/C19H30N2O2.ClH/c1-14(20)15-6-5-11-21(12-15)18(22)13-23-17-9-7-16(8-10-17)19(2,3)4;/h7-10,14-15H,5-6,11-13,20H2,1-4H3;1H. The van der Waals surface area contributed by atoms with Gasteiger partial charge < -0.3 is 15.4 Å². The lowest BCUT2D eigenvalue weighted by Gasteiger charge is -2.34. The number of hydrogen-bond acceptors (Lipinski definition) is 3. The zero-order chi connectivity index (χ0) is 17.0. The number of piperidine rings is 1. The number of likely N-dealkylation sites (tertiary alicyclic amines) is 1. The third kappa shape index (κ3) is 5.67. The van der Waals surface area contributed by atoms with Crippen LogP contribution in [0.2, 0.25) is 0 Å². The van der Waals surface area contributed by atoms with Crippen LogP contribution in [0, 0.1) is 5.92 Å². The summed E-state index contributed by atoms with van der Waals surface area (Å²) in [6, 6.07) is 8.14. The normalized spacial score (nSPS) is 19.4. The number of ether oxygens (including phenoxy) is 1. The summed E-state index contributed by atoms with van der Waals surface area (Å²) in [5, 5.41) is 0. The molecule has 1 saturated heterocycles. The van der Waals surface area contributed by atoms with Gasteiger partial charge in [0, 0.05) is 19.1 Å². The summed E-state index contributed by atoms with van der Waals surface area (Å²) in [5.41, 5.74) is 7.35. The molecule has 4 nitrogen and oxygen atoms in total. The van der Waals surface area contributed by atoms with Crippen molar-refractivity contribution in [3.05, 3.63) is 29.8 Å². The Balaban J connectivity index is 0.00000288. The Bertz CT molecular complexity index is 523. The van der Waals surface area contributed by atoms with Crippen LogP contribution in [-0.4, -0.2) is 36.5 Å². The summed E-state index contributed by atoms with van der Waals surface area (Å²) in [7, 11) is 0. The van der Waals surface area contributed by atoms with E-state index in [0.717, 1.165) is 31.7 Å². The number of halogens is 1. The summed E-state index contributed by atoms with van der Waals surface area (Å²) in [6.45, 7) is 10.2. The van der Waals surface area contributed by atoms with E-state index in [1.54, 1.807) is 0 Å². The molecule has 1 fully saturated rings. The third-order valence-corrected chi connectivity index (χ3v) is 4.64. The van der Waals surface area contributed by atoms with E-state index in [1.165, 1.54) is 5.56 Å². The van der Waals surface area contributed by atoms with Crippen molar-refractivity contribution in [2.24, 2.45) is 11.7 Å². The van der Waals surface area contributed by atoms with Gasteiger partial charge in [-0.1, -0.05) is 32.9 Å². The lowest BCUT2D eigenvalue weighted by atomic mass is 9.87. The van der Waals surface area contributed by atoms with E-state index in [4.69, 9.17) is 10.5 Å². The van der Waals surface area contributed by atoms with Gasteiger partial charge in [0.25, 0.3) is 5.91 Å². The van der Waals surface area contributed by atoms with Crippen LogP contribution < -0.4 is 10.5 Å². The van der Waals surface area contributed by atoms with Gasteiger partial charge in [-0.3, -0.25) is 4.79 Å². The maximum atomic E-state index is 12.3. The molecule has 1 amide bonds. The summed E-state index contributed by atoms with van der Waals surface area (Å²) in [4.78, 5) is 14.2. The van der Waals surface area contributed by atoms with E-state index in [9.17, 15) is 4.79 Å². The van der Waals surface area contributed by atoms with Crippen LogP contribution in [0.4, 0.5) is 0 Å². The Morgan fingerprint density at radius 3 is 2.50 bits per heavy atom. The second kappa shape index (κ2) is 8.72. The molecule has 5 heteroatoms. The van der Waals surface area contributed by atoms with Gasteiger partial charge in [-0.2, -0.15) is 0 Å². The number of carbonyl (C=O) groups is 1. The largest absolute Gasteiger partial charge is 0.484 e. The molecule has 1 aromatic rings. The molecule has 2 N–H and O–H groups in total. The van der Waals surface area contributed by atoms with Gasteiger partial charge in [0.15, 0.2) is 6.61 Å². The van der Waals surface area contributed by atoms with Gasteiger partial charge in [-0.05, 0) is 48.8 Å². The minimum absolute atomic E-state index is 0. The molecular weight excluding hydrogens is 324 g/mol. The van der Waals surface area contributed by atoms with Gasteiger partial charge in [0.1, 0.15) is 5.75 Å². The Hall–Kier alpha value is -1.26. The first-order chi connectivity index (χ1) is 10.8. The number of amides is 1. The molecule has 1 aliphatic heterocycles. The minimum atomic E-state index is 0. The first-order valence-corrected chi connectivity index (χ1v) is 8.54. The Kier molecular flexibility index (Phi) is 7.56. The van der Waals surface area contributed by atoms with Crippen molar-refractivity contribution in [3.63, 3.8) is 0 Å². The molecule has 0 spiro atoms. The number of benzene rings is 1. The molecule has 24 heavy (non-hydrogen) atoms. The first-order valence-electron chi connectivity index (χ1n) is 8.54. The highest BCUT2D eigenvalue weighted by molar-refractivity contribution is 5.85. The van der Waals surface area contributed by atoms with Gasteiger partial charge >= 0.3 is 0 Å². The van der Waals surface area contributed by atoms with Crippen molar-refractivity contribution in [1.29, 1.82) is 0 Å². The molecule has 0 saturated carbocycles. The lowest BCUT2D eigenvalue weighted by Crippen LogP contribution is -2.46. The van der Waals surface area contributed by atoms with Crippen LogP contribution in [0.3, 0.4) is 0 Å². The van der Waals surface area contributed by atoms with Crippen molar-refractivity contribution in [3.8, 4) is 5.75 Å². The second-order valence-corrected chi connectivity index (χ2v) is 7.66. The van der Waals surface area contributed by atoms with E-state index in [0.29, 0.717) is 5.92 Å². The number of hydrogen-bond donors (Lipinski definition) is 1. The summed E-state index contributed by atoms with van der Waals surface area (Å²) < 4.78 is 5.66. The van der Waals surface area contributed by atoms with Crippen LogP contribution in [-0.2, 0) is 10.2 Å². The van der Waals surface area contributed by atoms with Crippen LogP contribution in [0.5, 0.6) is 5.75 Å². The summed E-state index contributed by atoms with van der Waals surface area (Å²) in [6.07, 6.45) is 2.13. The van der Waals surface area contributed by atoms with Crippen molar-refractivity contribution in [2.45, 2.75) is 52.0 Å². The SMILES string of the molecule is CC(N)C1CCCN(C(=O)COc2ccc(C(C)(C)C)cc2)C1.Cl. The topological polar surface area (TPSA) is 55.6 Å². The van der Waals surface area contributed by atoms with E-state index in [-0.39, 0.29) is 36.4 Å². The number of rotatable bonds is 4. The Morgan fingerprint density at radius 2 is 1.96 bits per heavy atom. The highest BCUT2D eigenvalue weighted by atomic mass is 35.5. The molecule has 1 aliphatic rings. The zero-order valence-corrected chi connectivity index (χ0v) is 16.1. The summed E-state index contributed by atoms with van der Waals surface area (Å²) >= 11 is 0. The molecular formula is C19H31ClN2O2. The smallest absolute Gasteiger partial charge is 0.260 e. The molecule has 136 valence electrons. The zero-order valence-electron chi connectivity index (χ0n) is 15.2. The fourth-order valence-corrected chi connectivity index (χ4v) is 2.95. The van der Waals surface area contributed by atoms with Crippen LogP contribution >= 0.6 is 12.4 Å². The van der Waals surface area contributed by atoms with E-state index in [2.05, 4.69) is 32.9 Å². The van der Waals surface area contributed by atoms with Crippen molar-refractivity contribution >= 4 is 18.3 Å². The average Bonchev–Trinajstić information content (AvgIpc) is 2.52. The fraction of sp³-hybridized carbons (Fsp3) is 0.632. The molecule has 2 atom stereocenters. The van der Waals surface area contributed by atoms with Crippen molar-refractivity contribution in [2.75, 3.05) is 19.7 Å². The number of nitrogens with zero attached hydrogens (tertiary/aromatic N) is 1. The highest BCUT2D eigenvalue weighted by Crippen LogP contribution is 2.24. The van der Waals surface area contributed by atoms with E-state index in [1.807, 2.05) is 24.0 Å². The quantitative estimate of drug-likeness (QED) is 0.901. The Morgan fingerprint density at radius 1 is 1.33 bits per heavy atom. The molecule has 0 radical (unpaired) electrons. The van der Waals surface area contributed by atoms with Gasteiger partial charge in [0.05, 0.1) is 0 Å². The molecule has 2 unspecified atom stereocenters. The van der Waals surface area contributed by atoms with Crippen LogP contribution in [0.15, 0.2) is 24.3 Å². The maximum Gasteiger partial charge on any atom is 0.260 e. The van der Waals surface area contributed by atoms with Crippen molar-refractivity contribution < 1.29 is 9.53 Å². The number of nitrogens with two attached hydrogens (primary N) is 1. The predicted octanol–water partition coefficient (Wildman–Crippen LogP) is 3.37. The monoisotopic (exact) mass is 354 g/mol. The number of carbonyl (C=O) groups excluding carboxylic acids is 1. The molecule has 0 aromatic heterocycles. The fourth-order valence-electron chi connectivity index (χ4n) is 2.95. The first kappa shape index (κ1) is 20.8. The maximum absolute atomic E-state index is 12.3. The molecule has 2 rings (SSSR count). The molecule has 0 bridgehead atoms. The lowest BCUT2D eigenvalue weighted by molar-refractivity contribution is -0.135. The molecule has 1 aromatic carbocycles. The van der Waals surface area contributed by atoms with Crippen LogP contribution in [0.25, 0.3) is 0 Å². The molecule has 0 aliphatic carbocycles. The second-order valence-electron chi connectivity index (χ2n) is 7.66. The van der Waals surface area contributed by atoms with E-state index < -0.39 is 0 Å².